The van der Waals surface area contributed by atoms with Crippen LogP contribution in [0.1, 0.15) is 11.1 Å². The minimum Gasteiger partial charge on any atom is -0.497 e. The van der Waals surface area contributed by atoms with Crippen molar-refractivity contribution in [3.8, 4) is 11.5 Å². The van der Waals surface area contributed by atoms with E-state index in [1.807, 2.05) is 6.07 Å². The Morgan fingerprint density at radius 2 is 2.17 bits per heavy atom. The monoisotopic (exact) mass is 251 g/mol. The Morgan fingerprint density at radius 3 is 2.83 bits per heavy atom. The van der Waals surface area contributed by atoms with Crippen molar-refractivity contribution < 1.29 is 19.0 Å². The van der Waals surface area contributed by atoms with Gasteiger partial charge in [-0.3, -0.25) is 0 Å². The Balaban J connectivity index is 2.23. The van der Waals surface area contributed by atoms with Crippen LogP contribution < -0.4 is 15.2 Å². The molecule has 98 valence electrons. The fourth-order valence-electron chi connectivity index (χ4n) is 2.15. The van der Waals surface area contributed by atoms with E-state index in [2.05, 4.69) is 4.74 Å². The predicted octanol–water partition coefficient (Wildman–Crippen LogP) is 0.673. The molecule has 0 aromatic heterocycles. The summed E-state index contributed by atoms with van der Waals surface area (Å²) in [6.07, 6.45) is 1.57. The lowest BCUT2D eigenvalue weighted by Gasteiger charge is -2.12. The molecule has 5 nitrogen and oxygen atoms in total. The molecule has 0 bridgehead atoms. The van der Waals surface area contributed by atoms with E-state index in [0.29, 0.717) is 11.5 Å². The molecule has 1 aromatic carbocycles. The molecule has 1 atom stereocenters. The molecule has 2 N–H and O–H groups in total. The minimum absolute atomic E-state index is 0.104. The Bertz CT molecular complexity index is 459. The van der Waals surface area contributed by atoms with Gasteiger partial charge in [0.15, 0.2) is 6.61 Å². The van der Waals surface area contributed by atoms with Crippen LogP contribution in [0.4, 0.5) is 0 Å². The van der Waals surface area contributed by atoms with E-state index in [9.17, 15) is 4.79 Å². The highest BCUT2D eigenvalue weighted by molar-refractivity contribution is 5.71. The quantitative estimate of drug-likeness (QED) is 0.796. The Morgan fingerprint density at radius 1 is 1.39 bits per heavy atom. The number of benzene rings is 1. The third-order valence-electron chi connectivity index (χ3n) is 3.03. The number of fused-ring (bicyclic) bond motifs is 1. The summed E-state index contributed by atoms with van der Waals surface area (Å²) >= 11 is 0. The van der Waals surface area contributed by atoms with Crippen LogP contribution in [-0.4, -0.2) is 32.8 Å². The number of esters is 1. The van der Waals surface area contributed by atoms with E-state index in [4.69, 9.17) is 15.2 Å². The van der Waals surface area contributed by atoms with Crippen molar-refractivity contribution in [3.63, 3.8) is 0 Å². The minimum atomic E-state index is -0.408. The summed E-state index contributed by atoms with van der Waals surface area (Å²) in [5, 5.41) is 0. The Labute approximate surface area is 106 Å². The molecule has 1 aromatic rings. The molecule has 0 aliphatic heterocycles. The summed E-state index contributed by atoms with van der Waals surface area (Å²) < 4.78 is 15.2. The van der Waals surface area contributed by atoms with Crippen LogP contribution in [-0.2, 0) is 22.4 Å². The molecule has 0 saturated heterocycles. The third kappa shape index (κ3) is 2.56. The molecule has 18 heavy (non-hydrogen) atoms. The first kappa shape index (κ1) is 12.7. The Hall–Kier alpha value is -1.75. The summed E-state index contributed by atoms with van der Waals surface area (Å²) in [4.78, 5) is 11.1. The number of carbonyl (C=O) groups excluding carboxylic acids is 1. The van der Waals surface area contributed by atoms with Gasteiger partial charge in [-0.2, -0.15) is 0 Å². The summed E-state index contributed by atoms with van der Waals surface area (Å²) in [7, 11) is 2.93. The molecule has 1 unspecified atom stereocenters. The van der Waals surface area contributed by atoms with Crippen LogP contribution >= 0.6 is 0 Å². The molecule has 2 rings (SSSR count). The van der Waals surface area contributed by atoms with Gasteiger partial charge in [-0.1, -0.05) is 0 Å². The van der Waals surface area contributed by atoms with Crippen LogP contribution in [0.15, 0.2) is 12.1 Å². The van der Waals surface area contributed by atoms with Gasteiger partial charge >= 0.3 is 5.97 Å². The lowest BCUT2D eigenvalue weighted by Crippen LogP contribution is -2.19. The van der Waals surface area contributed by atoms with E-state index >= 15 is 0 Å². The van der Waals surface area contributed by atoms with E-state index in [0.717, 1.165) is 24.0 Å². The first-order chi connectivity index (χ1) is 8.63. The molecular weight excluding hydrogens is 234 g/mol. The second-order valence-electron chi connectivity index (χ2n) is 4.30. The van der Waals surface area contributed by atoms with Gasteiger partial charge in [0.05, 0.1) is 14.2 Å². The molecule has 1 aliphatic carbocycles. The zero-order chi connectivity index (χ0) is 13.1. The second-order valence-corrected chi connectivity index (χ2v) is 4.30. The number of hydrogen-bond donors (Lipinski definition) is 1. The molecule has 1 aliphatic rings. The maximum Gasteiger partial charge on any atom is 0.343 e. The highest BCUT2D eigenvalue weighted by Crippen LogP contribution is 2.34. The standard InChI is InChI=1S/C13H17NO4/c1-16-10-4-8-3-9(14)5-11(8)12(6-10)18-7-13(15)17-2/h4,6,9H,3,5,7,14H2,1-2H3. The highest BCUT2D eigenvalue weighted by atomic mass is 16.6. The van der Waals surface area contributed by atoms with Crippen LogP contribution in [0, 0.1) is 0 Å². The summed E-state index contributed by atoms with van der Waals surface area (Å²) in [5.41, 5.74) is 8.13. The van der Waals surface area contributed by atoms with Crippen molar-refractivity contribution in [1.82, 2.24) is 0 Å². The zero-order valence-corrected chi connectivity index (χ0v) is 10.6. The molecular formula is C13H17NO4. The van der Waals surface area contributed by atoms with Crippen molar-refractivity contribution >= 4 is 5.97 Å². The normalized spacial score (nSPS) is 17.2. The molecule has 0 heterocycles. The van der Waals surface area contributed by atoms with Gasteiger partial charge in [-0.25, -0.2) is 4.79 Å². The van der Waals surface area contributed by atoms with Gasteiger partial charge in [0.25, 0.3) is 0 Å². The number of ether oxygens (including phenoxy) is 3. The molecule has 0 amide bonds. The predicted molar refractivity (Wildman–Crippen MR) is 65.9 cm³/mol. The van der Waals surface area contributed by atoms with E-state index in [-0.39, 0.29) is 12.6 Å². The Kier molecular flexibility index (Phi) is 3.72. The lowest BCUT2D eigenvalue weighted by atomic mass is 10.1. The van der Waals surface area contributed by atoms with Crippen molar-refractivity contribution in [2.24, 2.45) is 5.73 Å². The first-order valence-corrected chi connectivity index (χ1v) is 5.79. The van der Waals surface area contributed by atoms with Gasteiger partial charge in [-0.15, -0.1) is 0 Å². The average molecular weight is 251 g/mol. The second kappa shape index (κ2) is 5.27. The van der Waals surface area contributed by atoms with Crippen molar-refractivity contribution in [2.45, 2.75) is 18.9 Å². The van der Waals surface area contributed by atoms with Gasteiger partial charge in [-0.05, 0) is 30.0 Å². The smallest absolute Gasteiger partial charge is 0.343 e. The first-order valence-electron chi connectivity index (χ1n) is 5.79. The maximum absolute atomic E-state index is 11.1. The topological polar surface area (TPSA) is 70.8 Å². The number of methoxy groups -OCH3 is 2. The van der Waals surface area contributed by atoms with Gasteiger partial charge < -0.3 is 19.9 Å². The molecule has 0 spiro atoms. The summed E-state index contributed by atoms with van der Waals surface area (Å²) in [6.45, 7) is -0.106. The van der Waals surface area contributed by atoms with E-state index in [1.54, 1.807) is 13.2 Å². The van der Waals surface area contributed by atoms with Crippen LogP contribution in [0.2, 0.25) is 0 Å². The van der Waals surface area contributed by atoms with Crippen LogP contribution in [0.3, 0.4) is 0 Å². The van der Waals surface area contributed by atoms with Crippen molar-refractivity contribution in [3.05, 3.63) is 23.3 Å². The van der Waals surface area contributed by atoms with Gasteiger partial charge in [0.2, 0.25) is 0 Å². The highest BCUT2D eigenvalue weighted by Gasteiger charge is 2.23. The van der Waals surface area contributed by atoms with Crippen molar-refractivity contribution in [2.75, 3.05) is 20.8 Å². The number of rotatable bonds is 4. The molecule has 5 heteroatoms. The fraction of sp³-hybridized carbons (Fsp3) is 0.462. The third-order valence-corrected chi connectivity index (χ3v) is 3.03. The van der Waals surface area contributed by atoms with Gasteiger partial charge in [0, 0.05) is 12.1 Å². The lowest BCUT2D eigenvalue weighted by molar-refractivity contribution is -0.142. The maximum atomic E-state index is 11.1. The summed E-state index contributed by atoms with van der Waals surface area (Å²) in [5.74, 6) is 0.958. The van der Waals surface area contributed by atoms with Gasteiger partial charge in [0.1, 0.15) is 11.5 Å². The fourth-order valence-corrected chi connectivity index (χ4v) is 2.15. The average Bonchev–Trinajstić information content (AvgIpc) is 2.75. The SMILES string of the molecule is COC(=O)COc1cc(OC)cc2c1CC(N)C2. The zero-order valence-electron chi connectivity index (χ0n) is 10.6. The molecule has 0 fully saturated rings. The summed E-state index contributed by atoms with van der Waals surface area (Å²) in [6, 6.07) is 3.85. The largest absolute Gasteiger partial charge is 0.497 e. The van der Waals surface area contributed by atoms with E-state index in [1.165, 1.54) is 7.11 Å². The number of carbonyl (C=O) groups is 1. The number of nitrogens with two attached hydrogens (primary N) is 1. The molecule has 0 saturated carbocycles. The van der Waals surface area contributed by atoms with Crippen LogP contribution in [0.25, 0.3) is 0 Å². The number of hydrogen-bond acceptors (Lipinski definition) is 5. The van der Waals surface area contributed by atoms with Crippen LogP contribution in [0.5, 0.6) is 11.5 Å². The van der Waals surface area contributed by atoms with Crippen molar-refractivity contribution in [1.29, 1.82) is 0 Å². The van der Waals surface area contributed by atoms with E-state index < -0.39 is 5.97 Å². The molecule has 0 radical (unpaired) electrons.